The third kappa shape index (κ3) is 3.55. The Kier molecular flexibility index (Phi) is 3.84. The Hall–Kier alpha value is -0.800. The predicted octanol–water partition coefficient (Wildman–Crippen LogP) is 0.931. The first kappa shape index (κ1) is 9.29. The van der Waals surface area contributed by atoms with Crippen molar-refractivity contribution in [3.63, 3.8) is 0 Å². The number of hydrogen-bond acceptors (Lipinski definition) is 3. The molecule has 3 nitrogen and oxygen atoms in total. The fraction of sp³-hybridized carbons (Fsp3) is 0.556. The molecule has 1 heterocycles. The van der Waals surface area contributed by atoms with Crippen molar-refractivity contribution in [3.05, 3.63) is 24.2 Å². The first-order chi connectivity index (χ1) is 5.79. The highest BCUT2D eigenvalue weighted by atomic mass is 16.3. The van der Waals surface area contributed by atoms with Crippen LogP contribution in [0.3, 0.4) is 0 Å². The molecule has 68 valence electrons. The predicted molar refractivity (Wildman–Crippen MR) is 49.0 cm³/mol. The van der Waals surface area contributed by atoms with Gasteiger partial charge in [-0.2, -0.15) is 0 Å². The van der Waals surface area contributed by atoms with Crippen LogP contribution < -0.4 is 5.32 Å². The Labute approximate surface area is 73.4 Å². The summed E-state index contributed by atoms with van der Waals surface area (Å²) in [7, 11) is 4.14. The number of furan rings is 1. The Morgan fingerprint density at radius 2 is 2.33 bits per heavy atom. The van der Waals surface area contributed by atoms with Gasteiger partial charge in [0.1, 0.15) is 0 Å². The molecule has 1 aromatic rings. The van der Waals surface area contributed by atoms with E-state index in [0.717, 1.165) is 19.6 Å². The van der Waals surface area contributed by atoms with E-state index >= 15 is 0 Å². The van der Waals surface area contributed by atoms with Gasteiger partial charge in [0.2, 0.25) is 0 Å². The lowest BCUT2D eigenvalue weighted by Crippen LogP contribution is -2.25. The van der Waals surface area contributed by atoms with E-state index in [1.165, 1.54) is 5.56 Å². The summed E-state index contributed by atoms with van der Waals surface area (Å²) in [4.78, 5) is 2.16. The summed E-state index contributed by atoms with van der Waals surface area (Å²) < 4.78 is 4.94. The quantitative estimate of drug-likeness (QED) is 0.663. The van der Waals surface area contributed by atoms with E-state index in [2.05, 4.69) is 24.3 Å². The van der Waals surface area contributed by atoms with Gasteiger partial charge in [-0.3, -0.25) is 0 Å². The minimum atomic E-state index is 0.893. The number of hydrogen-bond donors (Lipinski definition) is 1. The molecule has 0 spiro atoms. The molecule has 0 bridgehead atoms. The lowest BCUT2D eigenvalue weighted by molar-refractivity contribution is 0.399. The van der Waals surface area contributed by atoms with Gasteiger partial charge < -0.3 is 14.6 Å². The van der Waals surface area contributed by atoms with Crippen molar-refractivity contribution in [2.45, 2.75) is 6.54 Å². The molecule has 1 rings (SSSR count). The summed E-state index contributed by atoms with van der Waals surface area (Å²) in [6.07, 6.45) is 3.46. The van der Waals surface area contributed by atoms with Crippen LogP contribution in [0.4, 0.5) is 0 Å². The maximum absolute atomic E-state index is 4.94. The summed E-state index contributed by atoms with van der Waals surface area (Å²) in [5, 5.41) is 3.32. The summed E-state index contributed by atoms with van der Waals surface area (Å²) in [6, 6.07) is 1.97. The van der Waals surface area contributed by atoms with Crippen LogP contribution in [-0.4, -0.2) is 32.1 Å². The van der Waals surface area contributed by atoms with E-state index in [9.17, 15) is 0 Å². The molecule has 0 aliphatic rings. The van der Waals surface area contributed by atoms with Crippen LogP contribution >= 0.6 is 0 Å². The standard InChI is InChI=1S/C9H16N2O/c1-11(2)5-4-10-7-9-3-6-12-8-9/h3,6,8,10H,4-5,7H2,1-2H3. The molecule has 0 aliphatic heterocycles. The highest BCUT2D eigenvalue weighted by Gasteiger charge is 1.93. The molecular formula is C9H16N2O. The van der Waals surface area contributed by atoms with Gasteiger partial charge in [-0.15, -0.1) is 0 Å². The van der Waals surface area contributed by atoms with Gasteiger partial charge in [-0.25, -0.2) is 0 Å². The smallest absolute Gasteiger partial charge is 0.0947 e. The molecule has 0 saturated carbocycles. The van der Waals surface area contributed by atoms with E-state index in [-0.39, 0.29) is 0 Å². The van der Waals surface area contributed by atoms with Crippen molar-refractivity contribution in [3.8, 4) is 0 Å². The molecule has 0 saturated heterocycles. The van der Waals surface area contributed by atoms with Crippen molar-refractivity contribution in [2.75, 3.05) is 27.2 Å². The minimum Gasteiger partial charge on any atom is -0.472 e. The lowest BCUT2D eigenvalue weighted by atomic mass is 10.3. The zero-order valence-corrected chi connectivity index (χ0v) is 7.71. The zero-order chi connectivity index (χ0) is 8.81. The van der Waals surface area contributed by atoms with Crippen molar-refractivity contribution in [1.82, 2.24) is 10.2 Å². The monoisotopic (exact) mass is 168 g/mol. The van der Waals surface area contributed by atoms with E-state index < -0.39 is 0 Å². The van der Waals surface area contributed by atoms with Gasteiger partial charge in [0.05, 0.1) is 12.5 Å². The second-order valence-electron chi connectivity index (χ2n) is 3.11. The maximum Gasteiger partial charge on any atom is 0.0947 e. The van der Waals surface area contributed by atoms with E-state index in [4.69, 9.17) is 4.42 Å². The molecule has 12 heavy (non-hydrogen) atoms. The van der Waals surface area contributed by atoms with E-state index in [1.807, 2.05) is 6.07 Å². The molecule has 0 atom stereocenters. The molecular weight excluding hydrogens is 152 g/mol. The first-order valence-electron chi connectivity index (χ1n) is 4.15. The highest BCUT2D eigenvalue weighted by Crippen LogP contribution is 1.97. The summed E-state index contributed by atoms with van der Waals surface area (Å²) in [6.45, 7) is 2.97. The van der Waals surface area contributed by atoms with Gasteiger partial charge in [0, 0.05) is 25.2 Å². The van der Waals surface area contributed by atoms with Gasteiger partial charge in [0.25, 0.3) is 0 Å². The molecule has 0 aromatic carbocycles. The van der Waals surface area contributed by atoms with Gasteiger partial charge >= 0.3 is 0 Å². The van der Waals surface area contributed by atoms with Crippen molar-refractivity contribution < 1.29 is 4.42 Å². The summed E-state index contributed by atoms with van der Waals surface area (Å²) >= 11 is 0. The van der Waals surface area contributed by atoms with Crippen LogP contribution in [0.25, 0.3) is 0 Å². The maximum atomic E-state index is 4.94. The van der Waals surface area contributed by atoms with Gasteiger partial charge in [-0.05, 0) is 20.2 Å². The zero-order valence-electron chi connectivity index (χ0n) is 7.71. The van der Waals surface area contributed by atoms with Crippen molar-refractivity contribution in [2.24, 2.45) is 0 Å². The van der Waals surface area contributed by atoms with Crippen molar-refractivity contribution in [1.29, 1.82) is 0 Å². The Balaban J connectivity index is 2.04. The average molecular weight is 168 g/mol. The third-order valence-electron chi connectivity index (χ3n) is 1.65. The van der Waals surface area contributed by atoms with Gasteiger partial charge in [-0.1, -0.05) is 0 Å². The normalized spacial score (nSPS) is 10.9. The second kappa shape index (κ2) is 4.95. The topological polar surface area (TPSA) is 28.4 Å². The number of likely N-dealkylation sites (N-methyl/N-ethyl adjacent to an activating group) is 1. The first-order valence-corrected chi connectivity index (χ1v) is 4.15. The largest absolute Gasteiger partial charge is 0.472 e. The molecule has 0 aliphatic carbocycles. The number of rotatable bonds is 5. The number of nitrogens with zero attached hydrogens (tertiary/aromatic N) is 1. The molecule has 0 radical (unpaired) electrons. The third-order valence-corrected chi connectivity index (χ3v) is 1.65. The minimum absolute atomic E-state index is 0.893. The molecule has 1 aromatic heterocycles. The van der Waals surface area contributed by atoms with Gasteiger partial charge in [0.15, 0.2) is 0 Å². The van der Waals surface area contributed by atoms with Crippen LogP contribution in [0.2, 0.25) is 0 Å². The fourth-order valence-electron chi connectivity index (χ4n) is 0.929. The number of nitrogens with one attached hydrogen (secondary N) is 1. The molecule has 0 fully saturated rings. The average Bonchev–Trinajstić information content (AvgIpc) is 2.49. The van der Waals surface area contributed by atoms with Crippen LogP contribution in [0, 0.1) is 0 Å². The molecule has 0 amide bonds. The molecule has 0 unspecified atom stereocenters. The Bertz CT molecular complexity index is 194. The van der Waals surface area contributed by atoms with Crippen molar-refractivity contribution >= 4 is 0 Å². The lowest BCUT2D eigenvalue weighted by Gasteiger charge is -2.09. The van der Waals surface area contributed by atoms with Crippen LogP contribution in [-0.2, 0) is 6.54 Å². The second-order valence-corrected chi connectivity index (χ2v) is 3.11. The van der Waals surface area contributed by atoms with E-state index in [1.54, 1.807) is 12.5 Å². The molecule has 3 heteroatoms. The van der Waals surface area contributed by atoms with Crippen LogP contribution in [0.5, 0.6) is 0 Å². The highest BCUT2D eigenvalue weighted by molar-refractivity contribution is 5.04. The Morgan fingerprint density at radius 3 is 2.92 bits per heavy atom. The summed E-state index contributed by atoms with van der Waals surface area (Å²) in [5.41, 5.74) is 1.20. The summed E-state index contributed by atoms with van der Waals surface area (Å²) in [5.74, 6) is 0. The SMILES string of the molecule is CN(C)CCNCc1ccoc1. The Morgan fingerprint density at radius 1 is 1.50 bits per heavy atom. The fourth-order valence-corrected chi connectivity index (χ4v) is 0.929. The van der Waals surface area contributed by atoms with Crippen LogP contribution in [0.15, 0.2) is 23.0 Å². The van der Waals surface area contributed by atoms with Crippen LogP contribution in [0.1, 0.15) is 5.56 Å². The molecule has 1 N–H and O–H groups in total. The van der Waals surface area contributed by atoms with E-state index in [0.29, 0.717) is 0 Å².